The molecule has 2 N–H and O–H groups in total. The van der Waals surface area contributed by atoms with Crippen LogP contribution in [0.15, 0.2) is 29.1 Å². The van der Waals surface area contributed by atoms with Crippen LogP contribution in [-0.4, -0.2) is 10.9 Å². The molecular weight excluding hydrogens is 252 g/mol. The summed E-state index contributed by atoms with van der Waals surface area (Å²) < 4.78 is 0. The third-order valence-corrected chi connectivity index (χ3v) is 3.26. The van der Waals surface area contributed by atoms with Crippen molar-refractivity contribution in [2.24, 2.45) is 0 Å². The zero-order chi connectivity index (χ0) is 14.5. The molecule has 20 heavy (non-hydrogen) atoms. The normalized spacial score (nSPS) is 10.7. The summed E-state index contributed by atoms with van der Waals surface area (Å²) in [5.74, 6) is -0.142. The molecule has 0 saturated heterocycles. The standard InChI is InChI=1S/C16H20N2O2/c1-3-4-5-6-12-10-16(20)14-9-13(17-11(2)19)7-8-15(14)18-12/h7-10H,3-6H2,1-2H3,(H,17,19)(H,18,20). The summed E-state index contributed by atoms with van der Waals surface area (Å²) >= 11 is 0. The van der Waals surface area contributed by atoms with Gasteiger partial charge in [-0.15, -0.1) is 0 Å². The van der Waals surface area contributed by atoms with E-state index in [1.807, 2.05) is 6.07 Å². The van der Waals surface area contributed by atoms with Gasteiger partial charge in [-0.1, -0.05) is 19.8 Å². The number of anilines is 1. The topological polar surface area (TPSA) is 62.0 Å². The van der Waals surface area contributed by atoms with Crippen LogP contribution in [0.1, 0.15) is 38.8 Å². The third kappa shape index (κ3) is 3.47. The van der Waals surface area contributed by atoms with E-state index >= 15 is 0 Å². The maximum Gasteiger partial charge on any atom is 0.221 e. The van der Waals surface area contributed by atoms with E-state index in [9.17, 15) is 9.59 Å². The van der Waals surface area contributed by atoms with E-state index in [-0.39, 0.29) is 11.3 Å². The lowest BCUT2D eigenvalue weighted by molar-refractivity contribution is -0.114. The smallest absolute Gasteiger partial charge is 0.221 e. The Bertz CT molecular complexity index is 674. The number of nitrogens with one attached hydrogen (secondary N) is 2. The lowest BCUT2D eigenvalue weighted by Gasteiger charge is -2.06. The molecule has 2 rings (SSSR count). The number of pyridine rings is 1. The Hall–Kier alpha value is -2.10. The van der Waals surface area contributed by atoms with E-state index < -0.39 is 0 Å². The van der Waals surface area contributed by atoms with Crippen molar-refractivity contribution in [3.63, 3.8) is 0 Å². The van der Waals surface area contributed by atoms with E-state index in [1.165, 1.54) is 13.3 Å². The minimum Gasteiger partial charge on any atom is -0.358 e. The fourth-order valence-electron chi connectivity index (χ4n) is 2.28. The number of aromatic nitrogens is 1. The summed E-state index contributed by atoms with van der Waals surface area (Å²) in [6, 6.07) is 7.02. The maximum absolute atomic E-state index is 12.1. The first-order valence-corrected chi connectivity index (χ1v) is 7.03. The molecule has 0 fully saturated rings. The summed E-state index contributed by atoms with van der Waals surface area (Å²) in [7, 11) is 0. The number of aryl methyl sites for hydroxylation is 1. The molecule has 2 aromatic rings. The summed E-state index contributed by atoms with van der Waals surface area (Å²) in [4.78, 5) is 26.5. The zero-order valence-corrected chi connectivity index (χ0v) is 12.0. The Balaban J connectivity index is 2.32. The Labute approximate surface area is 118 Å². The van der Waals surface area contributed by atoms with Gasteiger partial charge in [0.1, 0.15) is 0 Å². The first kappa shape index (κ1) is 14.3. The predicted octanol–water partition coefficient (Wildman–Crippen LogP) is 3.22. The average molecular weight is 272 g/mol. The van der Waals surface area contributed by atoms with Gasteiger partial charge in [0.2, 0.25) is 5.91 Å². The van der Waals surface area contributed by atoms with Crippen molar-refractivity contribution in [3.8, 4) is 0 Å². The van der Waals surface area contributed by atoms with Gasteiger partial charge in [0.25, 0.3) is 0 Å². The van der Waals surface area contributed by atoms with Crippen molar-refractivity contribution in [2.75, 3.05) is 5.32 Å². The number of hydrogen-bond donors (Lipinski definition) is 2. The van der Waals surface area contributed by atoms with E-state index in [0.29, 0.717) is 11.1 Å². The number of unbranched alkanes of at least 4 members (excludes halogenated alkanes) is 2. The monoisotopic (exact) mass is 272 g/mol. The number of fused-ring (bicyclic) bond motifs is 1. The van der Waals surface area contributed by atoms with Gasteiger partial charge >= 0.3 is 0 Å². The van der Waals surface area contributed by atoms with Gasteiger partial charge in [0.15, 0.2) is 5.43 Å². The molecule has 0 aliphatic carbocycles. The van der Waals surface area contributed by atoms with Crippen molar-refractivity contribution in [2.45, 2.75) is 39.5 Å². The van der Waals surface area contributed by atoms with Crippen LogP contribution in [0.25, 0.3) is 10.9 Å². The zero-order valence-electron chi connectivity index (χ0n) is 12.0. The molecule has 106 valence electrons. The molecule has 0 saturated carbocycles. The highest BCUT2D eigenvalue weighted by atomic mass is 16.1. The number of H-pyrrole nitrogens is 1. The van der Waals surface area contributed by atoms with Crippen LogP contribution in [0.4, 0.5) is 5.69 Å². The van der Waals surface area contributed by atoms with Crippen LogP contribution in [0.3, 0.4) is 0 Å². The van der Waals surface area contributed by atoms with Crippen molar-refractivity contribution < 1.29 is 4.79 Å². The lowest BCUT2D eigenvalue weighted by atomic mass is 10.1. The number of aromatic amines is 1. The summed E-state index contributed by atoms with van der Waals surface area (Å²) in [5.41, 5.74) is 2.44. The fourth-order valence-corrected chi connectivity index (χ4v) is 2.28. The maximum atomic E-state index is 12.1. The number of carbonyl (C=O) groups excluding carboxylic acids is 1. The minimum atomic E-state index is -0.142. The predicted molar refractivity (Wildman–Crippen MR) is 82.1 cm³/mol. The molecule has 0 radical (unpaired) electrons. The second-order valence-corrected chi connectivity index (χ2v) is 5.06. The third-order valence-electron chi connectivity index (χ3n) is 3.26. The minimum absolute atomic E-state index is 0.00236. The van der Waals surface area contributed by atoms with E-state index in [4.69, 9.17) is 0 Å². The van der Waals surface area contributed by atoms with Crippen molar-refractivity contribution in [3.05, 3.63) is 40.2 Å². The number of benzene rings is 1. The Morgan fingerprint density at radius 2 is 2.05 bits per heavy atom. The Morgan fingerprint density at radius 3 is 2.75 bits per heavy atom. The molecule has 0 bridgehead atoms. The molecule has 0 aliphatic heterocycles. The van der Waals surface area contributed by atoms with Gasteiger partial charge in [0, 0.05) is 35.3 Å². The van der Waals surface area contributed by atoms with Crippen LogP contribution in [0, 0.1) is 0 Å². The first-order chi connectivity index (χ1) is 9.60. The van der Waals surface area contributed by atoms with Crippen LogP contribution in [0.5, 0.6) is 0 Å². The lowest BCUT2D eigenvalue weighted by Crippen LogP contribution is -2.08. The molecule has 0 aliphatic rings. The molecule has 4 heteroatoms. The molecular formula is C16H20N2O2. The fraction of sp³-hybridized carbons (Fsp3) is 0.375. The summed E-state index contributed by atoms with van der Waals surface area (Å²) in [6.45, 7) is 3.61. The molecule has 0 spiro atoms. The van der Waals surface area contributed by atoms with Gasteiger partial charge in [-0.05, 0) is 31.0 Å². The second-order valence-electron chi connectivity index (χ2n) is 5.06. The van der Waals surface area contributed by atoms with Crippen LogP contribution in [0.2, 0.25) is 0 Å². The molecule has 1 amide bonds. The summed E-state index contributed by atoms with van der Waals surface area (Å²) in [6.07, 6.45) is 4.31. The molecule has 1 heterocycles. The highest BCUT2D eigenvalue weighted by Crippen LogP contribution is 2.16. The summed E-state index contributed by atoms with van der Waals surface area (Å²) in [5, 5.41) is 3.30. The second kappa shape index (κ2) is 6.37. The van der Waals surface area contributed by atoms with Gasteiger partial charge in [-0.25, -0.2) is 0 Å². The average Bonchev–Trinajstić information content (AvgIpc) is 2.39. The number of amides is 1. The van der Waals surface area contributed by atoms with Crippen molar-refractivity contribution in [1.82, 2.24) is 4.98 Å². The number of carbonyl (C=O) groups is 1. The van der Waals surface area contributed by atoms with Crippen LogP contribution < -0.4 is 10.7 Å². The molecule has 1 aromatic heterocycles. The van der Waals surface area contributed by atoms with E-state index in [2.05, 4.69) is 17.2 Å². The van der Waals surface area contributed by atoms with Crippen LogP contribution >= 0.6 is 0 Å². The largest absolute Gasteiger partial charge is 0.358 e. The van der Waals surface area contributed by atoms with Crippen molar-refractivity contribution in [1.29, 1.82) is 0 Å². The molecule has 1 aromatic carbocycles. The number of rotatable bonds is 5. The van der Waals surface area contributed by atoms with Gasteiger partial charge in [0.05, 0.1) is 0 Å². The van der Waals surface area contributed by atoms with Gasteiger partial charge in [-0.2, -0.15) is 0 Å². The highest BCUT2D eigenvalue weighted by molar-refractivity contribution is 5.92. The quantitative estimate of drug-likeness (QED) is 0.821. The Morgan fingerprint density at radius 1 is 1.25 bits per heavy atom. The van der Waals surface area contributed by atoms with E-state index in [0.717, 1.165) is 30.5 Å². The molecule has 0 unspecified atom stereocenters. The Kier molecular flexibility index (Phi) is 4.56. The number of hydrogen-bond acceptors (Lipinski definition) is 2. The SMILES string of the molecule is CCCCCc1cc(=O)c2cc(NC(C)=O)ccc2[nH]1. The van der Waals surface area contributed by atoms with Gasteiger partial charge < -0.3 is 10.3 Å². The molecule has 4 nitrogen and oxygen atoms in total. The molecule has 0 atom stereocenters. The highest BCUT2D eigenvalue weighted by Gasteiger charge is 2.04. The van der Waals surface area contributed by atoms with Crippen molar-refractivity contribution >= 4 is 22.5 Å². The first-order valence-electron chi connectivity index (χ1n) is 7.03. The van der Waals surface area contributed by atoms with Crippen LogP contribution in [-0.2, 0) is 11.2 Å². The van der Waals surface area contributed by atoms with E-state index in [1.54, 1.807) is 18.2 Å². The van der Waals surface area contributed by atoms with Gasteiger partial charge in [-0.3, -0.25) is 9.59 Å².